The maximum Gasteiger partial charge on any atom is 0.460 e. The molecule has 0 N–H and O–H groups in total. The van der Waals surface area contributed by atoms with Gasteiger partial charge < -0.3 is 0 Å². The Hall–Kier alpha value is -1.49. The number of hydrogen-bond acceptors (Lipinski definition) is 2. The van der Waals surface area contributed by atoms with Crippen molar-refractivity contribution >= 4 is 0 Å². The molecule has 0 aliphatic heterocycles. The smallest absolute Gasteiger partial charge is 0.252 e. The van der Waals surface area contributed by atoms with Gasteiger partial charge in [-0.25, -0.2) is 4.98 Å². The summed E-state index contributed by atoms with van der Waals surface area (Å²) in [5, 5.41) is 3.66. The Labute approximate surface area is 130 Å². The maximum atomic E-state index is 13.3. The molecule has 0 amide bonds. The second-order valence-corrected chi connectivity index (χ2v) is 5.13. The number of rotatable bonds is 8. The second kappa shape index (κ2) is 6.79. The minimum absolute atomic E-state index is 0.229. The van der Waals surface area contributed by atoms with Gasteiger partial charge in [0.05, 0.1) is 0 Å². The molecule has 24 heavy (non-hydrogen) atoms. The van der Waals surface area contributed by atoms with Crippen LogP contribution in [0.2, 0.25) is 0 Å². The van der Waals surface area contributed by atoms with Crippen molar-refractivity contribution in [3.63, 3.8) is 0 Å². The molecule has 0 spiro atoms. The lowest BCUT2D eigenvalue weighted by Gasteiger charge is -2.33. The summed E-state index contributed by atoms with van der Waals surface area (Å²) in [6, 6.07) is 0. The minimum Gasteiger partial charge on any atom is -0.252 e. The molecule has 0 radical (unpaired) electrons. The number of halogens is 9. The molecule has 1 rings (SSSR count). The molecule has 1 aromatic heterocycles. The molecule has 0 bridgehead atoms. The highest BCUT2D eigenvalue weighted by atomic mass is 19.4. The van der Waals surface area contributed by atoms with Crippen LogP contribution in [0.5, 0.6) is 0 Å². The van der Waals surface area contributed by atoms with E-state index in [-0.39, 0.29) is 5.82 Å². The van der Waals surface area contributed by atoms with E-state index in [4.69, 9.17) is 0 Å². The van der Waals surface area contributed by atoms with Crippen molar-refractivity contribution in [2.45, 2.75) is 63.1 Å². The highest BCUT2D eigenvalue weighted by molar-refractivity contribution is 5.00. The van der Waals surface area contributed by atoms with E-state index in [1.165, 1.54) is 0 Å². The fraction of sp³-hybridized carbons (Fsp3) is 0.833. The molecule has 1 heterocycles. The predicted molar refractivity (Wildman–Crippen MR) is 64.1 cm³/mol. The van der Waals surface area contributed by atoms with Gasteiger partial charge in [-0.2, -0.15) is 44.6 Å². The molecule has 12 heteroatoms. The molecule has 1 aromatic rings. The highest BCUT2D eigenvalue weighted by Gasteiger charge is 2.81. The molecule has 140 valence electrons. The third-order valence-electron chi connectivity index (χ3n) is 3.20. The van der Waals surface area contributed by atoms with Crippen LogP contribution in [-0.4, -0.2) is 38.7 Å². The number of aromatic nitrogens is 3. The van der Waals surface area contributed by atoms with E-state index in [1.807, 2.05) is 6.92 Å². The first kappa shape index (κ1) is 20.6. The summed E-state index contributed by atoms with van der Waals surface area (Å²) in [6.45, 7) is 0.871. The molecule has 0 unspecified atom stereocenters. The monoisotopic (exact) mass is 371 g/mol. The summed E-state index contributed by atoms with van der Waals surface area (Å²) in [6.07, 6.45) is -5.99. The van der Waals surface area contributed by atoms with Crippen LogP contribution >= 0.6 is 0 Å². The lowest BCUT2D eigenvalue weighted by atomic mass is 10.0. The molecule has 0 atom stereocenters. The third kappa shape index (κ3) is 3.94. The van der Waals surface area contributed by atoms with E-state index >= 15 is 0 Å². The van der Waals surface area contributed by atoms with Crippen LogP contribution in [0.15, 0.2) is 6.33 Å². The average molecular weight is 371 g/mol. The Balaban J connectivity index is 2.83. The van der Waals surface area contributed by atoms with Crippen molar-refractivity contribution in [2.24, 2.45) is 0 Å². The van der Waals surface area contributed by atoms with Crippen LogP contribution in [0, 0.1) is 0 Å². The van der Waals surface area contributed by atoms with Crippen LogP contribution in [0.4, 0.5) is 39.5 Å². The largest absolute Gasteiger partial charge is 0.460 e. The zero-order valence-electron chi connectivity index (χ0n) is 12.4. The van der Waals surface area contributed by atoms with Gasteiger partial charge in [0.1, 0.15) is 6.33 Å². The molecule has 0 aromatic carbocycles. The van der Waals surface area contributed by atoms with Crippen molar-refractivity contribution in [3.05, 3.63) is 12.2 Å². The van der Waals surface area contributed by atoms with E-state index in [2.05, 4.69) is 10.1 Å². The Morgan fingerprint density at radius 2 is 1.54 bits per heavy atom. The Morgan fingerprint density at radius 1 is 0.958 bits per heavy atom. The summed E-state index contributed by atoms with van der Waals surface area (Å²) < 4.78 is 115. The Bertz CT molecular complexity index is 536. The van der Waals surface area contributed by atoms with Crippen molar-refractivity contribution in [1.29, 1.82) is 0 Å². The van der Waals surface area contributed by atoms with Crippen LogP contribution in [0.3, 0.4) is 0 Å². The summed E-state index contributed by atoms with van der Waals surface area (Å²) in [4.78, 5) is 3.70. The molecule has 0 aliphatic rings. The topological polar surface area (TPSA) is 30.7 Å². The number of hydrogen-bond donors (Lipinski definition) is 0. The Kier molecular flexibility index (Phi) is 5.81. The van der Waals surface area contributed by atoms with E-state index in [1.54, 1.807) is 0 Å². The van der Waals surface area contributed by atoms with E-state index in [0.717, 1.165) is 12.7 Å². The van der Waals surface area contributed by atoms with Gasteiger partial charge in [-0.1, -0.05) is 13.3 Å². The first-order chi connectivity index (χ1) is 10.8. The summed E-state index contributed by atoms with van der Waals surface area (Å²) in [7, 11) is 0. The lowest BCUT2D eigenvalue weighted by Crippen LogP contribution is -2.61. The zero-order chi connectivity index (χ0) is 18.8. The third-order valence-corrected chi connectivity index (χ3v) is 3.20. The highest BCUT2D eigenvalue weighted by Crippen LogP contribution is 2.54. The fourth-order valence-electron chi connectivity index (χ4n) is 1.71. The van der Waals surface area contributed by atoms with Crippen molar-refractivity contribution in [3.8, 4) is 0 Å². The van der Waals surface area contributed by atoms with Gasteiger partial charge in [-0.05, 0) is 6.42 Å². The van der Waals surface area contributed by atoms with Gasteiger partial charge in [0.2, 0.25) is 0 Å². The molecular formula is C12H14F9N3. The van der Waals surface area contributed by atoms with Crippen molar-refractivity contribution < 1.29 is 39.5 Å². The fourth-order valence-corrected chi connectivity index (χ4v) is 1.71. The second-order valence-electron chi connectivity index (χ2n) is 5.13. The summed E-state index contributed by atoms with van der Waals surface area (Å²) >= 11 is 0. The average Bonchev–Trinajstić information content (AvgIpc) is 2.89. The van der Waals surface area contributed by atoms with Crippen molar-refractivity contribution in [1.82, 2.24) is 14.8 Å². The molecule has 3 nitrogen and oxygen atoms in total. The van der Waals surface area contributed by atoms with Gasteiger partial charge in [0, 0.05) is 19.4 Å². The first-order valence-electron chi connectivity index (χ1n) is 6.84. The number of unbranched alkanes of at least 4 members (excludes halogenated alkanes) is 1. The zero-order valence-corrected chi connectivity index (χ0v) is 12.4. The number of nitrogens with zero attached hydrogens (tertiary/aromatic N) is 3. The van der Waals surface area contributed by atoms with Crippen LogP contribution in [0.25, 0.3) is 0 Å². The number of alkyl halides is 9. The van der Waals surface area contributed by atoms with E-state index < -0.39 is 36.9 Å². The Morgan fingerprint density at radius 3 is 2.04 bits per heavy atom. The standard InChI is InChI=1S/C12H14F9N3/c1-2-3-4-8-22-7-24(23-8)6-5-9(13,14)10(15,16)11(17,18)12(19,20)21/h7H,2-6H2,1H3. The van der Waals surface area contributed by atoms with E-state index in [9.17, 15) is 39.5 Å². The van der Waals surface area contributed by atoms with Crippen LogP contribution in [-0.2, 0) is 13.0 Å². The predicted octanol–water partition coefficient (Wildman–Crippen LogP) is 4.48. The normalized spacial score (nSPS) is 14.2. The molecule has 0 saturated heterocycles. The van der Waals surface area contributed by atoms with Gasteiger partial charge >= 0.3 is 23.9 Å². The van der Waals surface area contributed by atoms with Crippen LogP contribution in [0.1, 0.15) is 32.0 Å². The SMILES string of the molecule is CCCCc1ncn(CCC(F)(F)C(F)(F)C(F)(F)C(F)(F)F)n1. The van der Waals surface area contributed by atoms with Gasteiger partial charge in [0.15, 0.2) is 5.82 Å². The summed E-state index contributed by atoms with van der Waals surface area (Å²) in [5.41, 5.74) is 0. The molecule has 0 fully saturated rings. The lowest BCUT2D eigenvalue weighted by molar-refractivity contribution is -0.397. The van der Waals surface area contributed by atoms with Gasteiger partial charge in [0.25, 0.3) is 0 Å². The van der Waals surface area contributed by atoms with Gasteiger partial charge in [-0.15, -0.1) is 0 Å². The number of aryl methyl sites for hydroxylation is 2. The molecule has 0 saturated carbocycles. The molecule has 0 aliphatic carbocycles. The maximum absolute atomic E-state index is 13.3. The van der Waals surface area contributed by atoms with Gasteiger partial charge in [-0.3, -0.25) is 4.68 Å². The van der Waals surface area contributed by atoms with E-state index in [0.29, 0.717) is 17.5 Å². The quantitative estimate of drug-likeness (QED) is 0.631. The first-order valence-corrected chi connectivity index (χ1v) is 6.84. The van der Waals surface area contributed by atoms with Crippen molar-refractivity contribution in [2.75, 3.05) is 0 Å². The molecular weight excluding hydrogens is 357 g/mol. The summed E-state index contributed by atoms with van der Waals surface area (Å²) in [5.74, 6) is -18.8. The van der Waals surface area contributed by atoms with Crippen LogP contribution < -0.4 is 0 Å². The minimum atomic E-state index is -6.86.